The van der Waals surface area contributed by atoms with Crippen molar-refractivity contribution < 1.29 is 9.53 Å². The van der Waals surface area contributed by atoms with Crippen molar-refractivity contribution >= 4 is 11.6 Å². The number of amides is 1. The number of aromatic nitrogens is 1. The number of rotatable bonds is 3. The Bertz CT molecular complexity index is 733. The molecule has 0 spiro atoms. The first-order valence-electron chi connectivity index (χ1n) is 8.61. The van der Waals surface area contributed by atoms with Gasteiger partial charge in [0.15, 0.2) is 0 Å². The average molecular weight is 339 g/mol. The average Bonchev–Trinajstić information content (AvgIpc) is 2.62. The molecule has 1 saturated heterocycles. The van der Waals surface area contributed by atoms with Gasteiger partial charge in [0.2, 0.25) is 0 Å². The molecule has 2 aromatic rings. The van der Waals surface area contributed by atoms with Crippen molar-refractivity contribution in [2.45, 2.75) is 32.0 Å². The molecule has 132 valence electrons. The van der Waals surface area contributed by atoms with E-state index in [-0.39, 0.29) is 24.1 Å². The second-order valence-corrected chi connectivity index (χ2v) is 6.76. The lowest BCUT2D eigenvalue weighted by atomic mass is 9.98. The van der Waals surface area contributed by atoms with E-state index < -0.39 is 0 Å². The fourth-order valence-corrected chi connectivity index (χ4v) is 3.36. The van der Waals surface area contributed by atoms with E-state index in [1.165, 1.54) is 0 Å². The highest BCUT2D eigenvalue weighted by Gasteiger charge is 2.37. The van der Waals surface area contributed by atoms with Crippen LogP contribution in [0.2, 0.25) is 0 Å². The van der Waals surface area contributed by atoms with Gasteiger partial charge in [-0.25, -0.2) is 0 Å². The van der Waals surface area contributed by atoms with Crippen LogP contribution in [-0.4, -0.2) is 48.6 Å². The predicted octanol–water partition coefficient (Wildman–Crippen LogP) is 3.14. The maximum atomic E-state index is 13.2. The summed E-state index contributed by atoms with van der Waals surface area (Å²) in [5.74, 6) is -0.0482. The van der Waals surface area contributed by atoms with Crippen molar-refractivity contribution in [2.24, 2.45) is 0 Å². The lowest BCUT2D eigenvalue weighted by Crippen LogP contribution is -2.53. The number of hydrogen-bond acceptors (Lipinski definition) is 4. The molecule has 5 heteroatoms. The third-order valence-electron chi connectivity index (χ3n) is 4.71. The number of nitrogens with zero attached hydrogens (tertiary/aromatic N) is 3. The van der Waals surface area contributed by atoms with E-state index in [4.69, 9.17) is 4.74 Å². The summed E-state index contributed by atoms with van der Waals surface area (Å²) in [6, 6.07) is 13.8. The summed E-state index contributed by atoms with van der Waals surface area (Å²) in [6.45, 7) is 4.58. The van der Waals surface area contributed by atoms with Crippen LogP contribution in [0.15, 0.2) is 48.7 Å². The van der Waals surface area contributed by atoms with Crippen LogP contribution in [0.25, 0.3) is 0 Å². The zero-order valence-electron chi connectivity index (χ0n) is 15.2. The normalized spacial score (nSPS) is 23.4. The van der Waals surface area contributed by atoms with Gasteiger partial charge in [-0.2, -0.15) is 0 Å². The monoisotopic (exact) mass is 339 g/mol. The molecule has 0 aliphatic carbocycles. The number of pyridine rings is 1. The summed E-state index contributed by atoms with van der Waals surface area (Å²) in [7, 11) is 3.91. The van der Waals surface area contributed by atoms with Crippen LogP contribution in [0.1, 0.15) is 36.0 Å². The largest absolute Gasteiger partial charge is 0.378 e. The first-order valence-corrected chi connectivity index (χ1v) is 8.61. The Morgan fingerprint density at radius 1 is 1.20 bits per heavy atom. The first kappa shape index (κ1) is 17.4. The van der Waals surface area contributed by atoms with E-state index >= 15 is 0 Å². The molecule has 0 saturated carbocycles. The molecule has 0 N–H and O–H groups in total. The highest BCUT2D eigenvalue weighted by Crippen LogP contribution is 2.31. The van der Waals surface area contributed by atoms with Crippen molar-refractivity contribution in [3.8, 4) is 0 Å². The molecule has 1 aliphatic heterocycles. The minimum Gasteiger partial charge on any atom is -0.378 e. The number of carbonyl (C=O) groups is 1. The van der Waals surface area contributed by atoms with Crippen LogP contribution < -0.4 is 4.90 Å². The SMILES string of the molecule is C[C@@H]1[C@@H](c2ccccc2)OC[C@H](C)N1C(=O)c1cc(N(C)C)ccn1. The summed E-state index contributed by atoms with van der Waals surface area (Å²) in [5.41, 5.74) is 2.53. The zero-order chi connectivity index (χ0) is 18.0. The Kier molecular flexibility index (Phi) is 5.04. The highest BCUT2D eigenvalue weighted by atomic mass is 16.5. The molecular weight excluding hydrogens is 314 g/mol. The van der Waals surface area contributed by atoms with Crippen molar-refractivity contribution in [1.82, 2.24) is 9.88 Å². The number of carbonyl (C=O) groups excluding carboxylic acids is 1. The molecule has 25 heavy (non-hydrogen) atoms. The van der Waals surface area contributed by atoms with Crippen LogP contribution >= 0.6 is 0 Å². The van der Waals surface area contributed by atoms with E-state index in [0.29, 0.717) is 12.3 Å². The maximum absolute atomic E-state index is 13.2. The van der Waals surface area contributed by atoms with Crippen LogP contribution in [0, 0.1) is 0 Å². The molecule has 1 amide bonds. The molecule has 1 fully saturated rings. The maximum Gasteiger partial charge on any atom is 0.273 e. The second-order valence-electron chi connectivity index (χ2n) is 6.76. The smallest absolute Gasteiger partial charge is 0.273 e. The standard InChI is InChI=1S/C20H25N3O2/c1-14-13-25-19(16-8-6-5-7-9-16)15(2)23(14)20(24)18-12-17(22(3)4)10-11-21-18/h5-12,14-15,19H,13H2,1-4H3/t14-,15+,19-/m0/s1. The summed E-state index contributed by atoms with van der Waals surface area (Å²) < 4.78 is 6.04. The Labute approximate surface area is 149 Å². The number of anilines is 1. The summed E-state index contributed by atoms with van der Waals surface area (Å²) >= 11 is 0. The van der Waals surface area contributed by atoms with Crippen molar-refractivity contribution in [2.75, 3.05) is 25.6 Å². The van der Waals surface area contributed by atoms with E-state index in [1.54, 1.807) is 6.20 Å². The lowest BCUT2D eigenvalue weighted by molar-refractivity contribution is -0.0807. The number of morpholine rings is 1. The van der Waals surface area contributed by atoms with E-state index in [0.717, 1.165) is 11.3 Å². The predicted molar refractivity (Wildman–Crippen MR) is 98.8 cm³/mol. The van der Waals surface area contributed by atoms with E-state index in [9.17, 15) is 4.79 Å². The van der Waals surface area contributed by atoms with Crippen LogP contribution in [0.5, 0.6) is 0 Å². The first-order chi connectivity index (χ1) is 12.0. The summed E-state index contributed by atoms with van der Waals surface area (Å²) in [4.78, 5) is 21.3. The fraction of sp³-hybridized carbons (Fsp3) is 0.400. The quantitative estimate of drug-likeness (QED) is 0.862. The third kappa shape index (κ3) is 3.51. The molecule has 2 heterocycles. The van der Waals surface area contributed by atoms with E-state index in [1.807, 2.05) is 80.2 Å². The third-order valence-corrected chi connectivity index (χ3v) is 4.71. The molecule has 0 bridgehead atoms. The van der Waals surface area contributed by atoms with Crippen LogP contribution in [0.3, 0.4) is 0 Å². The van der Waals surface area contributed by atoms with Gasteiger partial charge in [-0.05, 0) is 31.5 Å². The Morgan fingerprint density at radius 3 is 2.60 bits per heavy atom. The second kappa shape index (κ2) is 7.23. The van der Waals surface area contributed by atoms with Crippen molar-refractivity contribution in [1.29, 1.82) is 0 Å². The molecule has 1 aromatic heterocycles. The Balaban J connectivity index is 1.88. The molecule has 3 atom stereocenters. The van der Waals surface area contributed by atoms with Crippen LogP contribution in [0.4, 0.5) is 5.69 Å². The number of benzene rings is 1. The van der Waals surface area contributed by atoms with Gasteiger partial charge in [0.05, 0.1) is 18.7 Å². The zero-order valence-corrected chi connectivity index (χ0v) is 15.2. The van der Waals surface area contributed by atoms with Gasteiger partial charge in [-0.3, -0.25) is 9.78 Å². The summed E-state index contributed by atoms with van der Waals surface area (Å²) in [6.07, 6.45) is 1.56. The molecule has 5 nitrogen and oxygen atoms in total. The minimum absolute atomic E-state index is 0.00674. The van der Waals surface area contributed by atoms with Gasteiger partial charge in [-0.15, -0.1) is 0 Å². The summed E-state index contributed by atoms with van der Waals surface area (Å²) in [5, 5.41) is 0. The van der Waals surface area contributed by atoms with Gasteiger partial charge in [0, 0.05) is 26.0 Å². The minimum atomic E-state index is -0.126. The molecule has 0 unspecified atom stereocenters. The van der Waals surface area contributed by atoms with Gasteiger partial charge >= 0.3 is 0 Å². The molecule has 1 aliphatic rings. The van der Waals surface area contributed by atoms with Crippen molar-refractivity contribution in [3.05, 3.63) is 59.9 Å². The van der Waals surface area contributed by atoms with Crippen molar-refractivity contribution in [3.63, 3.8) is 0 Å². The molecule has 1 aromatic carbocycles. The number of ether oxygens (including phenoxy) is 1. The van der Waals surface area contributed by atoms with Gasteiger partial charge in [-0.1, -0.05) is 30.3 Å². The molecule has 3 rings (SSSR count). The number of hydrogen-bond donors (Lipinski definition) is 0. The molecule has 0 radical (unpaired) electrons. The topological polar surface area (TPSA) is 45.7 Å². The Morgan fingerprint density at radius 2 is 1.92 bits per heavy atom. The fourth-order valence-electron chi connectivity index (χ4n) is 3.36. The van der Waals surface area contributed by atoms with Gasteiger partial charge < -0.3 is 14.5 Å². The highest BCUT2D eigenvalue weighted by molar-refractivity contribution is 5.93. The van der Waals surface area contributed by atoms with Crippen LogP contribution in [-0.2, 0) is 4.74 Å². The van der Waals surface area contributed by atoms with Gasteiger partial charge in [0.25, 0.3) is 5.91 Å². The van der Waals surface area contributed by atoms with E-state index in [2.05, 4.69) is 4.98 Å². The lowest BCUT2D eigenvalue weighted by Gasteiger charge is -2.43. The molecular formula is C20H25N3O2. The van der Waals surface area contributed by atoms with Gasteiger partial charge in [0.1, 0.15) is 11.8 Å². The Hall–Kier alpha value is -2.40.